The van der Waals surface area contributed by atoms with Gasteiger partial charge in [0, 0.05) is 3.92 Å². The Kier molecular flexibility index (Phi) is 5.93. The van der Waals surface area contributed by atoms with E-state index in [0.717, 1.165) is 12.8 Å². The van der Waals surface area contributed by atoms with E-state index in [1.165, 1.54) is 25.7 Å². The first-order chi connectivity index (χ1) is 9.11. The lowest BCUT2D eigenvalue weighted by molar-refractivity contribution is -0.148. The predicted octanol–water partition coefficient (Wildman–Crippen LogP) is 3.73. The maximum absolute atomic E-state index is 11.8. The van der Waals surface area contributed by atoms with Gasteiger partial charge >= 0.3 is 5.97 Å². The van der Waals surface area contributed by atoms with Crippen molar-refractivity contribution < 1.29 is 14.3 Å². The normalized spacial score (nSPS) is 39.2. The minimum Gasteiger partial charge on any atom is -0.466 e. The van der Waals surface area contributed by atoms with Crippen LogP contribution in [0.3, 0.4) is 0 Å². The van der Waals surface area contributed by atoms with Crippen molar-refractivity contribution in [1.82, 2.24) is 0 Å². The first kappa shape index (κ1) is 15.5. The molecule has 5 unspecified atom stereocenters. The topological polar surface area (TPSA) is 35.5 Å². The van der Waals surface area contributed by atoms with Crippen LogP contribution in [0.25, 0.3) is 0 Å². The second-order valence-corrected chi connectivity index (χ2v) is 7.51. The van der Waals surface area contributed by atoms with Gasteiger partial charge in [0.25, 0.3) is 0 Å². The molecule has 0 amide bonds. The van der Waals surface area contributed by atoms with Crippen molar-refractivity contribution in [1.29, 1.82) is 0 Å². The van der Waals surface area contributed by atoms with E-state index in [1.807, 2.05) is 6.92 Å². The molecule has 4 heteroatoms. The Balaban J connectivity index is 1.85. The molecule has 0 saturated heterocycles. The zero-order valence-corrected chi connectivity index (χ0v) is 14.1. The summed E-state index contributed by atoms with van der Waals surface area (Å²) in [6, 6.07) is 0. The van der Waals surface area contributed by atoms with Crippen molar-refractivity contribution >= 4 is 28.6 Å². The molecule has 2 fully saturated rings. The third-order valence-electron chi connectivity index (χ3n) is 4.43. The molecule has 2 aliphatic carbocycles. The third-order valence-corrected chi connectivity index (χ3v) is 5.74. The van der Waals surface area contributed by atoms with E-state index >= 15 is 0 Å². The number of hydrogen-bond acceptors (Lipinski definition) is 3. The number of ether oxygens (including phenoxy) is 2. The zero-order chi connectivity index (χ0) is 13.8. The molecule has 0 aromatic heterocycles. The van der Waals surface area contributed by atoms with Crippen LogP contribution < -0.4 is 0 Å². The highest BCUT2D eigenvalue weighted by molar-refractivity contribution is 14.1. The second kappa shape index (κ2) is 7.25. The van der Waals surface area contributed by atoms with Gasteiger partial charge in [-0.2, -0.15) is 0 Å². The molecule has 0 N–H and O–H groups in total. The van der Waals surface area contributed by atoms with Crippen LogP contribution in [0.5, 0.6) is 0 Å². The Bertz CT molecular complexity index is 308. The molecule has 0 bridgehead atoms. The maximum Gasteiger partial charge on any atom is 0.309 e. The van der Waals surface area contributed by atoms with Gasteiger partial charge in [-0.3, -0.25) is 4.79 Å². The van der Waals surface area contributed by atoms with E-state index in [2.05, 4.69) is 29.5 Å². The quantitative estimate of drug-likeness (QED) is 0.424. The largest absolute Gasteiger partial charge is 0.466 e. The van der Waals surface area contributed by atoms with Gasteiger partial charge in [0.05, 0.1) is 24.7 Å². The van der Waals surface area contributed by atoms with Crippen LogP contribution >= 0.6 is 22.6 Å². The van der Waals surface area contributed by atoms with Gasteiger partial charge < -0.3 is 9.47 Å². The molecule has 3 nitrogen and oxygen atoms in total. The number of hydrogen-bond donors (Lipinski definition) is 0. The molecule has 0 aromatic carbocycles. The fourth-order valence-corrected chi connectivity index (χ4v) is 4.33. The molecular formula is C15H25IO3. The van der Waals surface area contributed by atoms with Gasteiger partial charge in [-0.1, -0.05) is 42.4 Å². The van der Waals surface area contributed by atoms with Crippen molar-refractivity contribution in [2.75, 3.05) is 6.61 Å². The van der Waals surface area contributed by atoms with Gasteiger partial charge in [-0.25, -0.2) is 0 Å². The summed E-state index contributed by atoms with van der Waals surface area (Å²) in [5, 5.41) is 0. The van der Waals surface area contributed by atoms with Crippen LogP contribution in [-0.2, 0) is 14.3 Å². The van der Waals surface area contributed by atoms with Gasteiger partial charge in [0.15, 0.2) is 0 Å². The smallest absolute Gasteiger partial charge is 0.309 e. The minimum atomic E-state index is -0.0352. The number of halogens is 1. The Morgan fingerprint density at radius 3 is 2.63 bits per heavy atom. The Morgan fingerprint density at radius 1 is 1.21 bits per heavy atom. The van der Waals surface area contributed by atoms with E-state index in [-0.39, 0.29) is 18.0 Å². The Hall–Kier alpha value is 0.160. The average molecular weight is 380 g/mol. The predicted molar refractivity (Wildman–Crippen MR) is 83.5 cm³/mol. The summed E-state index contributed by atoms with van der Waals surface area (Å²) in [4.78, 5) is 11.8. The minimum absolute atomic E-state index is 0.0352. The standard InChI is InChI=1S/C15H25IO3/c1-3-18-15(17)11-8-12(16)14(9-11)19-13-7-5-4-6-10(13)2/h10-14H,3-9H2,1-2H3. The number of alkyl halides is 1. The fraction of sp³-hybridized carbons (Fsp3) is 0.933. The van der Waals surface area contributed by atoms with Crippen molar-refractivity contribution in [3.63, 3.8) is 0 Å². The summed E-state index contributed by atoms with van der Waals surface area (Å²) in [6.45, 7) is 4.64. The van der Waals surface area contributed by atoms with Gasteiger partial charge in [0.1, 0.15) is 0 Å². The lowest BCUT2D eigenvalue weighted by Crippen LogP contribution is -2.32. The lowest BCUT2D eigenvalue weighted by atomic mass is 9.88. The van der Waals surface area contributed by atoms with E-state index in [9.17, 15) is 4.79 Å². The summed E-state index contributed by atoms with van der Waals surface area (Å²) in [5.74, 6) is 0.677. The Morgan fingerprint density at radius 2 is 1.95 bits per heavy atom. The monoisotopic (exact) mass is 380 g/mol. The molecule has 0 heterocycles. The van der Waals surface area contributed by atoms with Gasteiger partial charge in [-0.15, -0.1) is 0 Å². The van der Waals surface area contributed by atoms with Crippen molar-refractivity contribution in [2.24, 2.45) is 11.8 Å². The van der Waals surface area contributed by atoms with E-state index in [0.29, 0.717) is 22.6 Å². The molecule has 5 atom stereocenters. The molecule has 0 aliphatic heterocycles. The van der Waals surface area contributed by atoms with Crippen molar-refractivity contribution in [2.45, 2.75) is 68.5 Å². The van der Waals surface area contributed by atoms with E-state index < -0.39 is 0 Å². The number of carbonyl (C=O) groups is 1. The molecule has 2 saturated carbocycles. The molecule has 0 aromatic rings. The summed E-state index contributed by atoms with van der Waals surface area (Å²) >= 11 is 2.44. The first-order valence-corrected chi connectivity index (χ1v) is 8.82. The van der Waals surface area contributed by atoms with E-state index in [4.69, 9.17) is 9.47 Å². The molecular weight excluding hydrogens is 355 g/mol. The van der Waals surface area contributed by atoms with Crippen molar-refractivity contribution in [3.05, 3.63) is 0 Å². The highest BCUT2D eigenvalue weighted by Gasteiger charge is 2.39. The number of esters is 1. The first-order valence-electron chi connectivity index (χ1n) is 7.58. The second-order valence-electron chi connectivity index (χ2n) is 5.91. The molecule has 2 rings (SSSR count). The number of carbonyl (C=O) groups excluding carboxylic acids is 1. The van der Waals surface area contributed by atoms with Gasteiger partial charge in [-0.05, 0) is 38.5 Å². The van der Waals surface area contributed by atoms with Crippen LogP contribution in [0.4, 0.5) is 0 Å². The molecule has 0 spiro atoms. The summed E-state index contributed by atoms with van der Waals surface area (Å²) in [7, 11) is 0. The SMILES string of the molecule is CCOC(=O)C1CC(I)C(OC2CCCCC2C)C1. The molecule has 19 heavy (non-hydrogen) atoms. The van der Waals surface area contributed by atoms with Crippen LogP contribution in [-0.4, -0.2) is 28.7 Å². The van der Waals surface area contributed by atoms with Gasteiger partial charge in [0.2, 0.25) is 0 Å². The highest BCUT2D eigenvalue weighted by Crippen LogP contribution is 2.37. The lowest BCUT2D eigenvalue weighted by Gasteiger charge is -2.32. The third kappa shape index (κ3) is 4.06. The fourth-order valence-electron chi connectivity index (χ4n) is 3.25. The average Bonchev–Trinajstić information content (AvgIpc) is 2.74. The highest BCUT2D eigenvalue weighted by atomic mass is 127. The summed E-state index contributed by atoms with van der Waals surface area (Å²) < 4.78 is 11.9. The van der Waals surface area contributed by atoms with Crippen LogP contribution in [0.2, 0.25) is 0 Å². The molecule has 2 aliphatic rings. The van der Waals surface area contributed by atoms with E-state index in [1.54, 1.807) is 0 Å². The summed E-state index contributed by atoms with van der Waals surface area (Å²) in [6.07, 6.45) is 7.48. The van der Waals surface area contributed by atoms with Crippen LogP contribution in [0.1, 0.15) is 52.4 Å². The molecule has 110 valence electrons. The van der Waals surface area contributed by atoms with Crippen LogP contribution in [0.15, 0.2) is 0 Å². The van der Waals surface area contributed by atoms with Crippen molar-refractivity contribution in [3.8, 4) is 0 Å². The summed E-state index contributed by atoms with van der Waals surface area (Å²) in [5.41, 5.74) is 0. The van der Waals surface area contributed by atoms with Crippen LogP contribution in [0, 0.1) is 11.8 Å². The molecule has 0 radical (unpaired) electrons. The Labute approximate surface area is 129 Å². The number of rotatable bonds is 4. The zero-order valence-electron chi connectivity index (χ0n) is 11.9. The maximum atomic E-state index is 11.8.